The summed E-state index contributed by atoms with van der Waals surface area (Å²) >= 11 is 0. The van der Waals surface area contributed by atoms with Gasteiger partial charge in [-0.2, -0.15) is 15.1 Å². The molecule has 10 heteroatoms. The van der Waals surface area contributed by atoms with E-state index in [4.69, 9.17) is 4.74 Å². The van der Waals surface area contributed by atoms with E-state index in [1.165, 1.54) is 6.33 Å². The minimum Gasteiger partial charge on any atom is -0.480 e. The molecule has 0 unspecified atom stereocenters. The van der Waals surface area contributed by atoms with Crippen molar-refractivity contribution < 1.29 is 9.53 Å². The van der Waals surface area contributed by atoms with E-state index in [-0.39, 0.29) is 17.5 Å². The molecule has 31 heavy (non-hydrogen) atoms. The third-order valence-corrected chi connectivity index (χ3v) is 5.77. The number of H-pyrrole nitrogens is 1. The highest BCUT2D eigenvalue weighted by atomic mass is 16.5. The summed E-state index contributed by atoms with van der Waals surface area (Å²) in [6.45, 7) is 3.92. The van der Waals surface area contributed by atoms with Crippen LogP contribution in [0.15, 0.2) is 30.9 Å². The molecule has 5 rings (SSSR count). The molecule has 1 amide bonds. The number of nitrogens with one attached hydrogen (secondary N) is 3. The number of ether oxygens (including phenoxy) is 1. The zero-order chi connectivity index (χ0) is 21.6. The van der Waals surface area contributed by atoms with E-state index in [9.17, 15) is 4.79 Å². The molecule has 4 heterocycles. The van der Waals surface area contributed by atoms with Crippen LogP contribution < -0.4 is 15.4 Å². The van der Waals surface area contributed by atoms with Crippen molar-refractivity contribution in [2.45, 2.75) is 44.7 Å². The molecular weight excluding hydrogens is 396 g/mol. The number of carbonyl (C=O) groups is 1. The number of rotatable bonds is 6. The van der Waals surface area contributed by atoms with E-state index in [2.05, 4.69) is 42.6 Å². The molecule has 1 fully saturated rings. The van der Waals surface area contributed by atoms with Gasteiger partial charge in [0.1, 0.15) is 12.0 Å². The molecule has 10 nitrogen and oxygen atoms in total. The van der Waals surface area contributed by atoms with Gasteiger partial charge in [-0.25, -0.2) is 9.50 Å². The largest absolute Gasteiger partial charge is 0.480 e. The number of nitrogens with zero attached hydrogens (tertiary/aromatic N) is 5. The minimum absolute atomic E-state index is 0.0725. The van der Waals surface area contributed by atoms with Gasteiger partial charge in [-0.05, 0) is 31.9 Å². The highest BCUT2D eigenvalue weighted by Crippen LogP contribution is 2.36. The predicted molar refractivity (Wildman–Crippen MR) is 116 cm³/mol. The number of amides is 1. The molecule has 0 atom stereocenters. The molecule has 1 saturated carbocycles. The Morgan fingerprint density at radius 1 is 1.35 bits per heavy atom. The first-order valence-electron chi connectivity index (χ1n) is 10.3. The van der Waals surface area contributed by atoms with Crippen LogP contribution in [-0.2, 0) is 4.79 Å². The third kappa shape index (κ3) is 3.43. The maximum Gasteiger partial charge on any atom is 0.228 e. The Balaban J connectivity index is 1.41. The fourth-order valence-electron chi connectivity index (χ4n) is 4.26. The SMILES string of the molecule is CCC(=O)N[C@]1(C)C[C@H](Nc2nc(OC)c3c(-c4ccc5ncnn5c4)c[nH]c3n2)C1. The summed E-state index contributed by atoms with van der Waals surface area (Å²) in [6.07, 6.45) is 7.45. The Kier molecular flexibility index (Phi) is 4.49. The van der Waals surface area contributed by atoms with E-state index in [1.807, 2.05) is 31.5 Å². The topological polar surface area (TPSA) is 122 Å². The van der Waals surface area contributed by atoms with E-state index in [1.54, 1.807) is 11.6 Å². The molecule has 3 N–H and O–H groups in total. The molecule has 1 aliphatic rings. The molecular formula is C21H24N8O2. The molecule has 0 bridgehead atoms. The van der Waals surface area contributed by atoms with Crippen LogP contribution in [-0.4, -0.2) is 54.1 Å². The van der Waals surface area contributed by atoms with Crippen molar-refractivity contribution in [2.75, 3.05) is 12.4 Å². The van der Waals surface area contributed by atoms with Crippen molar-refractivity contribution in [3.05, 3.63) is 30.9 Å². The molecule has 0 radical (unpaired) electrons. The number of pyridine rings is 1. The number of fused-ring (bicyclic) bond motifs is 2. The first-order chi connectivity index (χ1) is 15.0. The standard InChI is InChI=1S/C21H24N8O2/c1-4-16(30)28-21(2)7-13(8-21)25-20-26-18-17(19(27-20)31-3)14(9-22-18)12-5-6-15-23-11-24-29(15)10-12/h5-6,9-11,13H,4,7-8H2,1-3H3,(H,28,30)(H2,22,25,26,27)/t13-,21+. The van der Waals surface area contributed by atoms with E-state index < -0.39 is 0 Å². The lowest BCUT2D eigenvalue weighted by atomic mass is 9.74. The lowest BCUT2D eigenvalue weighted by molar-refractivity contribution is -0.123. The second kappa shape index (κ2) is 7.22. The van der Waals surface area contributed by atoms with Gasteiger partial charge in [-0.15, -0.1) is 0 Å². The maximum absolute atomic E-state index is 11.7. The lowest BCUT2D eigenvalue weighted by Gasteiger charge is -2.45. The van der Waals surface area contributed by atoms with Gasteiger partial charge in [0.2, 0.25) is 17.7 Å². The fourth-order valence-corrected chi connectivity index (χ4v) is 4.26. The lowest BCUT2D eigenvalue weighted by Crippen LogP contribution is -2.59. The average Bonchev–Trinajstić information content (AvgIpc) is 3.38. The molecule has 0 saturated heterocycles. The first kappa shape index (κ1) is 19.3. The van der Waals surface area contributed by atoms with Crippen molar-refractivity contribution in [1.29, 1.82) is 0 Å². The van der Waals surface area contributed by atoms with Gasteiger partial charge in [0.15, 0.2) is 5.65 Å². The smallest absolute Gasteiger partial charge is 0.228 e. The second-order valence-corrected chi connectivity index (χ2v) is 8.17. The highest BCUT2D eigenvalue weighted by Gasteiger charge is 2.41. The Bertz CT molecular complexity index is 1270. The number of anilines is 1. The molecule has 160 valence electrons. The van der Waals surface area contributed by atoms with Crippen LogP contribution in [0.1, 0.15) is 33.1 Å². The zero-order valence-corrected chi connectivity index (χ0v) is 17.6. The molecule has 0 aromatic carbocycles. The van der Waals surface area contributed by atoms with Crippen molar-refractivity contribution in [2.24, 2.45) is 0 Å². The van der Waals surface area contributed by atoms with Gasteiger partial charge < -0.3 is 20.4 Å². The van der Waals surface area contributed by atoms with Gasteiger partial charge in [0, 0.05) is 41.5 Å². The normalized spacial score (nSPS) is 20.5. The van der Waals surface area contributed by atoms with Crippen molar-refractivity contribution in [1.82, 2.24) is 34.9 Å². The Morgan fingerprint density at radius 3 is 2.97 bits per heavy atom. The third-order valence-electron chi connectivity index (χ3n) is 5.77. The van der Waals surface area contributed by atoms with E-state index in [0.29, 0.717) is 23.9 Å². The minimum atomic E-state index is -0.182. The average molecular weight is 420 g/mol. The van der Waals surface area contributed by atoms with Gasteiger partial charge in [0.25, 0.3) is 0 Å². The first-order valence-corrected chi connectivity index (χ1v) is 10.3. The van der Waals surface area contributed by atoms with Crippen LogP contribution in [0.2, 0.25) is 0 Å². The van der Waals surface area contributed by atoms with Crippen LogP contribution in [0.3, 0.4) is 0 Å². The number of aromatic nitrogens is 6. The van der Waals surface area contributed by atoms with E-state index in [0.717, 1.165) is 35.0 Å². The summed E-state index contributed by atoms with van der Waals surface area (Å²) in [4.78, 5) is 28.4. The van der Waals surface area contributed by atoms with Crippen LogP contribution in [0.4, 0.5) is 5.95 Å². The molecule has 4 aromatic rings. The summed E-state index contributed by atoms with van der Waals surface area (Å²) in [5.41, 5.74) is 3.16. The summed E-state index contributed by atoms with van der Waals surface area (Å²) in [6, 6.07) is 4.08. The number of hydrogen-bond donors (Lipinski definition) is 3. The number of aromatic amines is 1. The van der Waals surface area contributed by atoms with Gasteiger partial charge >= 0.3 is 0 Å². The van der Waals surface area contributed by atoms with E-state index >= 15 is 0 Å². The van der Waals surface area contributed by atoms with Gasteiger partial charge in [-0.3, -0.25) is 4.79 Å². The van der Waals surface area contributed by atoms with Gasteiger partial charge in [-0.1, -0.05) is 6.92 Å². The fraction of sp³-hybridized carbons (Fsp3) is 0.381. The van der Waals surface area contributed by atoms with Gasteiger partial charge in [0.05, 0.1) is 12.5 Å². The Labute approximate surface area is 178 Å². The summed E-state index contributed by atoms with van der Waals surface area (Å²) in [7, 11) is 1.60. The predicted octanol–water partition coefficient (Wildman–Crippen LogP) is 2.54. The molecule has 0 spiro atoms. The molecule has 4 aromatic heterocycles. The Hall–Kier alpha value is -3.69. The zero-order valence-electron chi connectivity index (χ0n) is 17.6. The van der Waals surface area contributed by atoms with Crippen molar-refractivity contribution in [3.8, 4) is 17.0 Å². The van der Waals surface area contributed by atoms with Crippen LogP contribution >= 0.6 is 0 Å². The summed E-state index contributed by atoms with van der Waals surface area (Å²) in [5, 5.41) is 11.5. The summed E-state index contributed by atoms with van der Waals surface area (Å²) < 4.78 is 7.32. The van der Waals surface area contributed by atoms with Crippen LogP contribution in [0, 0.1) is 0 Å². The quantitative estimate of drug-likeness (QED) is 0.438. The molecule has 1 aliphatic carbocycles. The number of methoxy groups -OCH3 is 1. The Morgan fingerprint density at radius 2 is 2.19 bits per heavy atom. The molecule has 0 aliphatic heterocycles. The highest BCUT2D eigenvalue weighted by molar-refractivity contribution is 5.97. The van der Waals surface area contributed by atoms with Crippen LogP contribution in [0.5, 0.6) is 5.88 Å². The summed E-state index contributed by atoms with van der Waals surface area (Å²) in [5.74, 6) is 1.06. The van der Waals surface area contributed by atoms with Crippen molar-refractivity contribution >= 4 is 28.5 Å². The van der Waals surface area contributed by atoms with Crippen molar-refractivity contribution in [3.63, 3.8) is 0 Å². The number of carbonyl (C=O) groups excluding carboxylic acids is 1. The number of hydrogen-bond acceptors (Lipinski definition) is 7. The van der Waals surface area contributed by atoms with Crippen LogP contribution in [0.25, 0.3) is 27.8 Å². The maximum atomic E-state index is 11.7. The monoisotopic (exact) mass is 420 g/mol. The second-order valence-electron chi connectivity index (χ2n) is 8.17.